The van der Waals surface area contributed by atoms with E-state index in [9.17, 15) is 0 Å². The summed E-state index contributed by atoms with van der Waals surface area (Å²) in [5.41, 5.74) is 2.62. The lowest BCUT2D eigenvalue weighted by molar-refractivity contribution is 0.119. The van der Waals surface area contributed by atoms with Gasteiger partial charge in [-0.1, -0.05) is 48.6 Å². The van der Waals surface area contributed by atoms with Crippen molar-refractivity contribution in [3.05, 3.63) is 70.2 Å². The quantitative estimate of drug-likeness (QED) is 0.643. The van der Waals surface area contributed by atoms with E-state index in [0.29, 0.717) is 0 Å². The average molecular weight is 220 g/mol. The fraction of sp³-hybridized carbons (Fsp3) is 0.125. The molecule has 0 saturated heterocycles. The van der Waals surface area contributed by atoms with Gasteiger partial charge in [0.25, 0.3) is 0 Å². The standard InChI is InChI=1S/C16H12O/c1-2-6-12-10-16-14(9-11(12)5-1)13-7-3-4-8-15(13)17-16/h1-10,15-16H. The molecule has 1 aromatic carbocycles. The normalized spacial score (nSPS) is 28.0. The van der Waals surface area contributed by atoms with Gasteiger partial charge >= 0.3 is 0 Å². The largest absolute Gasteiger partial charge is 0.357 e. The van der Waals surface area contributed by atoms with Gasteiger partial charge in [-0.05, 0) is 33.7 Å². The highest BCUT2D eigenvalue weighted by atomic mass is 16.5. The highest BCUT2D eigenvalue weighted by Gasteiger charge is 2.30. The summed E-state index contributed by atoms with van der Waals surface area (Å²) in [4.78, 5) is 0. The van der Waals surface area contributed by atoms with E-state index in [-0.39, 0.29) is 12.2 Å². The number of hydrogen-bond donors (Lipinski definition) is 0. The first-order valence-electron chi connectivity index (χ1n) is 5.95. The Morgan fingerprint density at radius 2 is 1.76 bits per heavy atom. The zero-order valence-corrected chi connectivity index (χ0v) is 9.34. The molecule has 1 aromatic rings. The molecule has 0 aromatic heterocycles. The molecule has 0 spiro atoms. The van der Waals surface area contributed by atoms with Crippen LogP contribution in [0.25, 0.3) is 12.2 Å². The number of rotatable bonds is 0. The molecule has 0 bridgehead atoms. The van der Waals surface area contributed by atoms with Gasteiger partial charge in [0, 0.05) is 0 Å². The fourth-order valence-electron chi connectivity index (χ4n) is 2.72. The van der Waals surface area contributed by atoms with E-state index in [1.807, 2.05) is 0 Å². The van der Waals surface area contributed by atoms with Crippen LogP contribution in [-0.4, -0.2) is 12.2 Å². The van der Waals surface area contributed by atoms with Crippen LogP contribution in [0, 0.1) is 0 Å². The molecular formula is C16H12O. The van der Waals surface area contributed by atoms with Crippen LogP contribution in [-0.2, 0) is 4.74 Å². The molecule has 2 unspecified atom stereocenters. The molecule has 0 N–H and O–H groups in total. The summed E-state index contributed by atoms with van der Waals surface area (Å²) >= 11 is 0. The lowest BCUT2D eigenvalue weighted by Crippen LogP contribution is -2.31. The molecule has 1 heteroatoms. The maximum atomic E-state index is 6.03. The lowest BCUT2D eigenvalue weighted by atomic mass is 9.94. The molecule has 2 atom stereocenters. The average Bonchev–Trinajstić information content (AvgIpc) is 2.73. The zero-order valence-electron chi connectivity index (χ0n) is 9.34. The first-order chi connectivity index (χ1) is 8.42. The van der Waals surface area contributed by atoms with Crippen molar-refractivity contribution in [3.63, 3.8) is 0 Å². The van der Waals surface area contributed by atoms with Gasteiger partial charge in [-0.25, -0.2) is 0 Å². The molecule has 0 saturated carbocycles. The van der Waals surface area contributed by atoms with Crippen molar-refractivity contribution in [3.8, 4) is 0 Å². The summed E-state index contributed by atoms with van der Waals surface area (Å²) in [6, 6.07) is 8.46. The minimum Gasteiger partial charge on any atom is -0.357 e. The predicted octanol–water partition coefficient (Wildman–Crippen LogP) is 1.45. The van der Waals surface area contributed by atoms with Gasteiger partial charge in [0.05, 0.1) is 0 Å². The third-order valence-electron chi connectivity index (χ3n) is 3.55. The Labute approximate surface area is 99.7 Å². The molecule has 1 nitrogen and oxygen atoms in total. The third kappa shape index (κ3) is 1.29. The molecule has 82 valence electrons. The van der Waals surface area contributed by atoms with Crippen molar-refractivity contribution in [1.82, 2.24) is 0 Å². The fourth-order valence-corrected chi connectivity index (χ4v) is 2.72. The first kappa shape index (κ1) is 9.20. The summed E-state index contributed by atoms with van der Waals surface area (Å²) in [6.07, 6.45) is 13.2. The van der Waals surface area contributed by atoms with Gasteiger partial charge in [0.15, 0.2) is 0 Å². The smallest absolute Gasteiger partial charge is 0.103 e. The second-order valence-electron chi connectivity index (χ2n) is 4.57. The number of ether oxygens (including phenoxy) is 1. The van der Waals surface area contributed by atoms with E-state index < -0.39 is 0 Å². The predicted molar refractivity (Wildman–Crippen MR) is 68.6 cm³/mol. The highest BCUT2D eigenvalue weighted by molar-refractivity contribution is 5.67. The van der Waals surface area contributed by atoms with Gasteiger partial charge in [-0.15, -0.1) is 0 Å². The second kappa shape index (κ2) is 3.31. The van der Waals surface area contributed by atoms with Crippen LogP contribution in [0.1, 0.15) is 0 Å². The maximum absolute atomic E-state index is 6.03. The van der Waals surface area contributed by atoms with Crippen LogP contribution in [0.5, 0.6) is 0 Å². The van der Waals surface area contributed by atoms with Crippen molar-refractivity contribution < 1.29 is 4.74 Å². The van der Waals surface area contributed by atoms with E-state index in [1.165, 1.54) is 21.6 Å². The van der Waals surface area contributed by atoms with Crippen LogP contribution in [0.3, 0.4) is 0 Å². The molecule has 0 amide bonds. The van der Waals surface area contributed by atoms with Crippen LogP contribution in [0.15, 0.2) is 59.7 Å². The molecule has 17 heavy (non-hydrogen) atoms. The summed E-state index contributed by atoms with van der Waals surface area (Å²) < 4.78 is 6.03. The van der Waals surface area contributed by atoms with E-state index in [0.717, 1.165) is 0 Å². The van der Waals surface area contributed by atoms with Crippen molar-refractivity contribution in [2.24, 2.45) is 0 Å². The van der Waals surface area contributed by atoms with Gasteiger partial charge in [-0.3, -0.25) is 0 Å². The van der Waals surface area contributed by atoms with Gasteiger partial charge in [0.1, 0.15) is 12.2 Å². The van der Waals surface area contributed by atoms with E-state index in [4.69, 9.17) is 4.74 Å². The Hall–Kier alpha value is -1.86. The second-order valence-corrected chi connectivity index (χ2v) is 4.57. The number of allylic oxidation sites excluding steroid dienone is 2. The summed E-state index contributed by atoms with van der Waals surface area (Å²) in [5, 5.41) is 2.56. The van der Waals surface area contributed by atoms with E-state index >= 15 is 0 Å². The first-order valence-corrected chi connectivity index (χ1v) is 5.95. The van der Waals surface area contributed by atoms with Crippen molar-refractivity contribution in [1.29, 1.82) is 0 Å². The summed E-state index contributed by atoms with van der Waals surface area (Å²) in [5.74, 6) is 0. The Kier molecular flexibility index (Phi) is 1.79. The van der Waals surface area contributed by atoms with Crippen LogP contribution in [0.4, 0.5) is 0 Å². The van der Waals surface area contributed by atoms with Crippen LogP contribution < -0.4 is 10.4 Å². The SMILES string of the molecule is C1=CC2=C3C=c4ccccc4=CC3OC2C=C1. The summed E-state index contributed by atoms with van der Waals surface area (Å²) in [6.45, 7) is 0. The Morgan fingerprint density at radius 1 is 0.882 bits per heavy atom. The minimum absolute atomic E-state index is 0.122. The monoisotopic (exact) mass is 220 g/mol. The topological polar surface area (TPSA) is 9.23 Å². The zero-order chi connectivity index (χ0) is 11.2. The molecular weight excluding hydrogens is 208 g/mol. The third-order valence-corrected chi connectivity index (χ3v) is 3.55. The highest BCUT2D eigenvalue weighted by Crippen LogP contribution is 2.33. The number of benzene rings is 1. The van der Waals surface area contributed by atoms with Crippen LogP contribution in [0.2, 0.25) is 0 Å². The maximum Gasteiger partial charge on any atom is 0.103 e. The molecule has 1 aliphatic heterocycles. The summed E-state index contributed by atoms with van der Waals surface area (Å²) in [7, 11) is 0. The molecule has 2 aliphatic carbocycles. The molecule has 0 fully saturated rings. The van der Waals surface area contributed by atoms with Crippen LogP contribution >= 0.6 is 0 Å². The van der Waals surface area contributed by atoms with Crippen molar-refractivity contribution >= 4 is 12.2 Å². The van der Waals surface area contributed by atoms with Gasteiger partial charge in [0.2, 0.25) is 0 Å². The molecule has 1 heterocycles. The Bertz CT molecular complexity index is 688. The van der Waals surface area contributed by atoms with Gasteiger partial charge in [-0.2, -0.15) is 0 Å². The Morgan fingerprint density at radius 3 is 2.71 bits per heavy atom. The molecule has 4 rings (SSSR count). The van der Waals surface area contributed by atoms with Crippen molar-refractivity contribution in [2.45, 2.75) is 12.2 Å². The number of fused-ring (bicyclic) bond motifs is 3. The van der Waals surface area contributed by atoms with Crippen molar-refractivity contribution in [2.75, 3.05) is 0 Å². The number of hydrogen-bond acceptors (Lipinski definition) is 1. The Balaban J connectivity index is 1.99. The van der Waals surface area contributed by atoms with E-state index in [2.05, 4.69) is 60.7 Å². The van der Waals surface area contributed by atoms with Gasteiger partial charge < -0.3 is 4.74 Å². The minimum atomic E-state index is 0.122. The lowest BCUT2D eigenvalue weighted by Gasteiger charge is -2.12. The molecule has 0 radical (unpaired) electrons. The molecule has 3 aliphatic rings. The van der Waals surface area contributed by atoms with E-state index in [1.54, 1.807) is 0 Å².